The second-order valence-corrected chi connectivity index (χ2v) is 12.3. The minimum Gasteiger partial charge on any atom is -0.455 e. The van der Waals surface area contributed by atoms with E-state index >= 15 is 0 Å². The quantitative estimate of drug-likeness (QED) is 0.194. The molecule has 10 aromatic rings. The predicted octanol–water partition coefficient (Wildman–Crippen LogP) is 11.3. The Morgan fingerprint density at radius 3 is 1.84 bits per heavy atom. The number of fused-ring (bicyclic) bond motifs is 7. The Labute approximate surface area is 281 Å². The summed E-state index contributed by atoms with van der Waals surface area (Å²) in [6, 6.07) is 50.6. The lowest BCUT2D eigenvalue weighted by molar-refractivity contribution is 0.672. The first-order chi connectivity index (χ1) is 24.2. The van der Waals surface area contributed by atoms with Gasteiger partial charge < -0.3 is 4.42 Å². The Hall–Kier alpha value is -6.72. The molecule has 0 saturated carbocycles. The number of hydrogen-bond donors (Lipinski definition) is 0. The highest BCUT2D eigenvalue weighted by atomic mass is 16.3. The molecular formula is C44H26N4O. The number of benzene rings is 7. The maximum absolute atomic E-state index is 6.28. The summed E-state index contributed by atoms with van der Waals surface area (Å²) in [6.07, 6.45) is 3.62. The van der Waals surface area contributed by atoms with Crippen molar-refractivity contribution in [3.63, 3.8) is 0 Å². The summed E-state index contributed by atoms with van der Waals surface area (Å²) in [5, 5.41) is 8.90. The molecule has 10 rings (SSSR count). The largest absolute Gasteiger partial charge is 0.455 e. The Bertz CT molecular complexity index is 2890. The van der Waals surface area contributed by atoms with Crippen molar-refractivity contribution in [3.05, 3.63) is 158 Å². The van der Waals surface area contributed by atoms with Crippen molar-refractivity contribution in [3.8, 4) is 45.3 Å². The van der Waals surface area contributed by atoms with Gasteiger partial charge in [0.15, 0.2) is 17.5 Å². The predicted molar refractivity (Wildman–Crippen MR) is 199 cm³/mol. The van der Waals surface area contributed by atoms with Gasteiger partial charge in [0, 0.05) is 45.2 Å². The first-order valence-electron chi connectivity index (χ1n) is 16.3. The lowest BCUT2D eigenvalue weighted by Gasteiger charge is -2.11. The molecule has 0 atom stereocenters. The molecule has 0 fully saturated rings. The van der Waals surface area contributed by atoms with Gasteiger partial charge in [0.05, 0.1) is 0 Å². The minimum absolute atomic E-state index is 0.613. The summed E-state index contributed by atoms with van der Waals surface area (Å²) >= 11 is 0. The lowest BCUT2D eigenvalue weighted by Crippen LogP contribution is -2.00. The maximum Gasteiger partial charge on any atom is 0.164 e. The number of hydrogen-bond acceptors (Lipinski definition) is 5. The van der Waals surface area contributed by atoms with E-state index in [-0.39, 0.29) is 0 Å². The average Bonchev–Trinajstić information content (AvgIpc) is 3.56. The number of nitrogens with zero attached hydrogens (tertiary/aromatic N) is 4. The molecule has 0 bridgehead atoms. The molecule has 0 amide bonds. The second kappa shape index (κ2) is 10.9. The van der Waals surface area contributed by atoms with Gasteiger partial charge in [0.1, 0.15) is 11.2 Å². The summed E-state index contributed by atoms with van der Waals surface area (Å²) in [7, 11) is 0. The second-order valence-electron chi connectivity index (χ2n) is 12.3. The Balaban J connectivity index is 1.12. The first-order valence-corrected chi connectivity index (χ1v) is 16.3. The van der Waals surface area contributed by atoms with Crippen LogP contribution in [0, 0.1) is 0 Å². The summed E-state index contributed by atoms with van der Waals surface area (Å²) in [5.41, 5.74) is 6.79. The van der Waals surface area contributed by atoms with Crippen LogP contribution in [-0.4, -0.2) is 19.9 Å². The van der Waals surface area contributed by atoms with E-state index < -0.39 is 0 Å². The van der Waals surface area contributed by atoms with E-state index in [2.05, 4.69) is 145 Å². The van der Waals surface area contributed by atoms with E-state index in [4.69, 9.17) is 19.4 Å². The first kappa shape index (κ1) is 27.4. The standard InChI is InChI=1S/C44H26N4O/c1-2-8-31-24-33(17-12-27(31)6-1)43-46-42(30-15-13-29(14-16-30)36-11-5-9-28-7-3-4-10-35(28)36)47-44(48-43)34-19-20-37-32(25-34)18-21-38-39-26-45-23-22-40(39)49-41(37)38/h1-26H. The fraction of sp³-hybridized carbons (Fsp3) is 0. The summed E-state index contributed by atoms with van der Waals surface area (Å²) in [4.78, 5) is 19.5. The molecule has 5 heteroatoms. The molecule has 0 aliphatic rings. The molecule has 7 aromatic carbocycles. The van der Waals surface area contributed by atoms with Gasteiger partial charge in [-0.25, -0.2) is 15.0 Å². The van der Waals surface area contributed by atoms with Crippen LogP contribution in [0.2, 0.25) is 0 Å². The number of pyridine rings is 1. The van der Waals surface area contributed by atoms with Gasteiger partial charge in [-0.05, 0) is 68.4 Å². The monoisotopic (exact) mass is 626 g/mol. The Morgan fingerprint density at radius 2 is 1.00 bits per heavy atom. The molecule has 0 aliphatic heterocycles. The summed E-state index contributed by atoms with van der Waals surface area (Å²) < 4.78 is 6.28. The van der Waals surface area contributed by atoms with Gasteiger partial charge in [0.25, 0.3) is 0 Å². The average molecular weight is 627 g/mol. The highest BCUT2D eigenvalue weighted by Gasteiger charge is 2.16. The third-order valence-electron chi connectivity index (χ3n) is 9.40. The molecule has 3 aromatic heterocycles. The van der Waals surface area contributed by atoms with Gasteiger partial charge in [-0.15, -0.1) is 0 Å². The van der Waals surface area contributed by atoms with Gasteiger partial charge in [-0.2, -0.15) is 0 Å². The van der Waals surface area contributed by atoms with Crippen molar-refractivity contribution < 1.29 is 4.42 Å². The van der Waals surface area contributed by atoms with Crippen LogP contribution in [0.25, 0.3) is 99.5 Å². The summed E-state index contributed by atoms with van der Waals surface area (Å²) in [6.45, 7) is 0. The van der Waals surface area contributed by atoms with Crippen LogP contribution in [0.5, 0.6) is 0 Å². The molecule has 3 heterocycles. The molecule has 0 aliphatic carbocycles. The van der Waals surface area contributed by atoms with Crippen LogP contribution in [0.1, 0.15) is 0 Å². The zero-order valence-corrected chi connectivity index (χ0v) is 26.2. The fourth-order valence-electron chi connectivity index (χ4n) is 6.91. The number of rotatable bonds is 4. The van der Waals surface area contributed by atoms with Crippen molar-refractivity contribution >= 4 is 54.3 Å². The zero-order valence-electron chi connectivity index (χ0n) is 26.2. The molecule has 0 radical (unpaired) electrons. The third kappa shape index (κ3) is 4.63. The van der Waals surface area contributed by atoms with Crippen LogP contribution < -0.4 is 0 Å². The number of furan rings is 1. The molecule has 0 saturated heterocycles. The highest BCUT2D eigenvalue weighted by Crippen LogP contribution is 2.36. The van der Waals surface area contributed by atoms with E-state index in [1.165, 1.54) is 21.7 Å². The molecule has 5 nitrogen and oxygen atoms in total. The fourth-order valence-corrected chi connectivity index (χ4v) is 6.91. The Morgan fingerprint density at radius 1 is 0.388 bits per heavy atom. The molecule has 0 unspecified atom stereocenters. The van der Waals surface area contributed by atoms with Crippen molar-refractivity contribution in [2.45, 2.75) is 0 Å². The number of aromatic nitrogens is 4. The van der Waals surface area contributed by atoms with Crippen LogP contribution >= 0.6 is 0 Å². The zero-order chi connectivity index (χ0) is 32.3. The third-order valence-corrected chi connectivity index (χ3v) is 9.40. The van der Waals surface area contributed by atoms with E-state index in [9.17, 15) is 0 Å². The molecule has 0 N–H and O–H groups in total. The van der Waals surface area contributed by atoms with E-state index in [0.29, 0.717) is 17.5 Å². The topological polar surface area (TPSA) is 64.7 Å². The normalized spacial score (nSPS) is 11.7. The van der Waals surface area contributed by atoms with Gasteiger partial charge in [0.2, 0.25) is 0 Å². The van der Waals surface area contributed by atoms with Crippen LogP contribution in [-0.2, 0) is 0 Å². The Kier molecular flexibility index (Phi) is 6.11. The van der Waals surface area contributed by atoms with Crippen molar-refractivity contribution in [1.82, 2.24) is 19.9 Å². The highest BCUT2D eigenvalue weighted by molar-refractivity contribution is 6.15. The van der Waals surface area contributed by atoms with Gasteiger partial charge in [-0.3, -0.25) is 4.98 Å². The van der Waals surface area contributed by atoms with Crippen LogP contribution in [0.15, 0.2) is 162 Å². The van der Waals surface area contributed by atoms with Gasteiger partial charge in [-0.1, -0.05) is 115 Å². The van der Waals surface area contributed by atoms with Crippen LogP contribution in [0.3, 0.4) is 0 Å². The molecule has 49 heavy (non-hydrogen) atoms. The van der Waals surface area contributed by atoms with Crippen molar-refractivity contribution in [1.29, 1.82) is 0 Å². The molecule has 0 spiro atoms. The van der Waals surface area contributed by atoms with Crippen molar-refractivity contribution in [2.24, 2.45) is 0 Å². The minimum atomic E-state index is 0.613. The smallest absolute Gasteiger partial charge is 0.164 e. The summed E-state index contributed by atoms with van der Waals surface area (Å²) in [5.74, 6) is 1.87. The van der Waals surface area contributed by atoms with E-state index in [0.717, 1.165) is 60.4 Å². The van der Waals surface area contributed by atoms with E-state index in [1.54, 1.807) is 6.20 Å². The van der Waals surface area contributed by atoms with Crippen molar-refractivity contribution in [2.75, 3.05) is 0 Å². The van der Waals surface area contributed by atoms with Gasteiger partial charge >= 0.3 is 0 Å². The SMILES string of the molecule is c1ccc2cc(-c3nc(-c4ccc(-c5cccc6ccccc56)cc4)nc(-c4ccc5c(ccc6c7cnccc7oc56)c4)n3)ccc2c1. The molecular weight excluding hydrogens is 601 g/mol. The maximum atomic E-state index is 6.28. The van der Waals surface area contributed by atoms with E-state index in [1.807, 2.05) is 12.3 Å². The lowest BCUT2D eigenvalue weighted by atomic mass is 9.97. The van der Waals surface area contributed by atoms with Crippen LogP contribution in [0.4, 0.5) is 0 Å². The molecule has 228 valence electrons.